The Morgan fingerprint density at radius 3 is 2.27 bits per heavy atom. The van der Waals surface area contributed by atoms with Crippen molar-refractivity contribution >= 4 is 28.7 Å². The van der Waals surface area contributed by atoms with Crippen LogP contribution in [0.3, 0.4) is 0 Å². The van der Waals surface area contributed by atoms with Crippen LogP contribution in [0.5, 0.6) is 0 Å². The van der Waals surface area contributed by atoms with Crippen LogP contribution >= 0.6 is 0 Å². The normalized spacial score (nSPS) is 28.4. The number of likely N-dealkylation sites (tertiary alicyclic amines) is 1. The van der Waals surface area contributed by atoms with Crippen molar-refractivity contribution in [2.24, 2.45) is 0 Å². The molecule has 4 heterocycles. The first-order chi connectivity index (χ1) is 22.9. The number of aliphatic carboxylic acids is 2. The number of hydrogen-bond acceptors (Lipinski definition) is 5. The zero-order chi connectivity index (χ0) is 34.1. The highest BCUT2D eigenvalue weighted by molar-refractivity contribution is 6.05. The average molecular weight is 668 g/mol. The van der Waals surface area contributed by atoms with Crippen molar-refractivity contribution in [1.29, 1.82) is 0 Å². The minimum Gasteiger partial charge on any atom is -0.478 e. The molecule has 256 valence electrons. The Morgan fingerprint density at radius 1 is 1.00 bits per heavy atom. The largest absolute Gasteiger partial charge is 0.490 e. The Bertz CT molecular complexity index is 1770. The van der Waals surface area contributed by atoms with Crippen molar-refractivity contribution in [3.63, 3.8) is 0 Å². The predicted octanol–water partition coefficient (Wildman–Crippen LogP) is 5.76. The van der Waals surface area contributed by atoms with E-state index in [1.165, 1.54) is 48.6 Å². The lowest BCUT2D eigenvalue weighted by molar-refractivity contribution is -0.192. The second-order valence-electron chi connectivity index (χ2n) is 14.0. The third-order valence-corrected chi connectivity index (χ3v) is 11.3. The molecule has 3 aliphatic heterocycles. The zero-order valence-electron chi connectivity index (χ0n) is 27.1. The lowest BCUT2D eigenvalue weighted by atomic mass is 9.71. The second-order valence-corrected chi connectivity index (χ2v) is 14.0. The fourth-order valence-corrected chi connectivity index (χ4v) is 9.24. The van der Waals surface area contributed by atoms with Gasteiger partial charge in [-0.05, 0) is 67.0 Å². The molecule has 3 unspecified atom stereocenters. The van der Waals surface area contributed by atoms with E-state index in [0.29, 0.717) is 24.5 Å². The highest BCUT2D eigenvalue weighted by Crippen LogP contribution is 2.57. The lowest BCUT2D eigenvalue weighted by Crippen LogP contribution is -2.62. The number of alkyl halides is 3. The summed E-state index contributed by atoms with van der Waals surface area (Å²) in [7, 11) is 3.83. The number of fused-ring (bicyclic) bond motifs is 8. The van der Waals surface area contributed by atoms with Crippen LogP contribution in [-0.2, 0) is 25.7 Å². The van der Waals surface area contributed by atoms with E-state index in [1.54, 1.807) is 7.11 Å². The monoisotopic (exact) mass is 667 g/mol. The standard InChI is InChI=1S/C34H39N3O4.C2HF3O2/c1-35-17-22-13-14-23(18-35)37(22)33(40)34(41-2)15-7-12-25-28-26(29(28)32(38)39)19-36-27(30(25)34)16-21-10-6-11-24(31(21)36)20-8-4-3-5-9-20;3-2(4,5)1(6)7/h6-7,10-12,16,20,22-23,30H,3-5,8-9,13-15,17-19H2,1-2H3,(H,38,39);(H,6,7)/t22?,23?,30?,34-;/m0./s1. The summed E-state index contributed by atoms with van der Waals surface area (Å²) in [5.41, 5.74) is 5.64. The van der Waals surface area contributed by atoms with Crippen LogP contribution in [0.1, 0.15) is 74.5 Å². The van der Waals surface area contributed by atoms with Crippen LogP contribution in [0.25, 0.3) is 10.9 Å². The molecule has 12 heteroatoms. The van der Waals surface area contributed by atoms with E-state index in [4.69, 9.17) is 14.6 Å². The number of aromatic nitrogens is 1. The van der Waals surface area contributed by atoms with Crippen LogP contribution < -0.4 is 0 Å². The average Bonchev–Trinajstić information content (AvgIpc) is 3.60. The molecule has 48 heavy (non-hydrogen) atoms. The molecule has 9 nitrogen and oxygen atoms in total. The Morgan fingerprint density at radius 2 is 1.67 bits per heavy atom. The number of benzene rings is 1. The number of ether oxygens (including phenoxy) is 1. The molecule has 1 aromatic heterocycles. The van der Waals surface area contributed by atoms with Crippen LogP contribution in [0, 0.1) is 0 Å². The van der Waals surface area contributed by atoms with Gasteiger partial charge >= 0.3 is 18.1 Å². The van der Waals surface area contributed by atoms with Gasteiger partial charge in [-0.15, -0.1) is 0 Å². The third kappa shape index (κ3) is 5.19. The maximum atomic E-state index is 14.9. The fourth-order valence-electron chi connectivity index (χ4n) is 9.24. The van der Waals surface area contributed by atoms with Crippen LogP contribution in [-0.4, -0.2) is 93.5 Å². The maximum absolute atomic E-state index is 14.9. The molecule has 2 saturated heterocycles. The summed E-state index contributed by atoms with van der Waals surface area (Å²) < 4.78 is 40.6. The van der Waals surface area contributed by atoms with Crippen molar-refractivity contribution in [3.8, 4) is 0 Å². The number of carboxylic acid groups (broad SMARTS) is 2. The number of nitrogens with zero attached hydrogens (tertiary/aromatic N) is 3. The van der Waals surface area contributed by atoms with Gasteiger partial charge in [-0.1, -0.05) is 49.6 Å². The zero-order valence-corrected chi connectivity index (χ0v) is 27.1. The van der Waals surface area contributed by atoms with Gasteiger partial charge in [0.05, 0.1) is 17.0 Å². The molecule has 1 aromatic carbocycles. The molecule has 4 atom stereocenters. The number of likely N-dealkylation sites (N-methyl/N-ethyl adjacent to an activating group) is 1. The first-order valence-electron chi connectivity index (χ1n) is 16.7. The minimum atomic E-state index is -5.08. The Labute approximate surface area is 276 Å². The Balaban J connectivity index is 0.000000473. The van der Waals surface area contributed by atoms with Crippen molar-refractivity contribution in [1.82, 2.24) is 14.4 Å². The van der Waals surface area contributed by atoms with Gasteiger partial charge in [0.2, 0.25) is 0 Å². The number of amides is 1. The van der Waals surface area contributed by atoms with Gasteiger partial charge in [0.15, 0.2) is 5.60 Å². The number of para-hydroxylation sites is 1. The van der Waals surface area contributed by atoms with Crippen LogP contribution in [0.4, 0.5) is 13.2 Å². The van der Waals surface area contributed by atoms with Gasteiger partial charge < -0.3 is 29.3 Å². The highest BCUT2D eigenvalue weighted by Gasteiger charge is 2.58. The van der Waals surface area contributed by atoms with Gasteiger partial charge in [0, 0.05) is 56.3 Å². The van der Waals surface area contributed by atoms with E-state index >= 15 is 0 Å². The first-order valence-corrected chi connectivity index (χ1v) is 16.7. The number of methoxy groups -OCH3 is 1. The summed E-state index contributed by atoms with van der Waals surface area (Å²) in [6.45, 7) is 2.30. The van der Waals surface area contributed by atoms with Crippen molar-refractivity contribution in [2.45, 2.75) is 93.6 Å². The van der Waals surface area contributed by atoms with E-state index in [9.17, 15) is 27.9 Å². The number of carbonyl (C=O) groups excluding carboxylic acids is 1. The SMILES string of the molecule is CO[C@@]1(C(=O)N2C3CCC2CN(C)C3)CC=CC2=C3C(=C3C(=O)O)Cn3c(cc4cccc(C5CCCCC5)c43)C21.O=C(O)C(F)(F)F. The van der Waals surface area contributed by atoms with Crippen LogP contribution in [0.15, 0.2) is 58.7 Å². The van der Waals surface area contributed by atoms with Gasteiger partial charge in [-0.3, -0.25) is 4.79 Å². The maximum Gasteiger partial charge on any atom is 0.490 e. The summed E-state index contributed by atoms with van der Waals surface area (Å²) in [4.78, 5) is 40.7. The van der Waals surface area contributed by atoms with Crippen LogP contribution in [0.2, 0.25) is 0 Å². The predicted molar refractivity (Wildman–Crippen MR) is 171 cm³/mol. The summed E-state index contributed by atoms with van der Waals surface area (Å²) in [5, 5.41) is 18.5. The number of hydrogen-bond donors (Lipinski definition) is 2. The molecule has 2 aromatic rings. The molecule has 1 amide bonds. The molecule has 2 N–H and O–H groups in total. The van der Waals surface area contributed by atoms with E-state index in [2.05, 4.69) is 51.8 Å². The first kappa shape index (κ1) is 32.6. The van der Waals surface area contributed by atoms with Gasteiger partial charge in [-0.2, -0.15) is 13.2 Å². The smallest absolute Gasteiger partial charge is 0.478 e. The molecular formula is C36H40F3N3O6. The van der Waals surface area contributed by atoms with E-state index in [-0.39, 0.29) is 23.9 Å². The van der Waals surface area contributed by atoms with Gasteiger partial charge in [-0.25, -0.2) is 9.59 Å². The third-order valence-electron chi connectivity index (χ3n) is 11.3. The van der Waals surface area contributed by atoms with Gasteiger partial charge in [0.25, 0.3) is 5.91 Å². The molecule has 1 saturated carbocycles. The molecule has 0 spiro atoms. The number of halogens is 3. The molecular weight excluding hydrogens is 627 g/mol. The number of allylic oxidation sites excluding steroid dienone is 2. The molecule has 8 rings (SSSR count). The van der Waals surface area contributed by atoms with E-state index in [0.717, 1.165) is 48.3 Å². The molecule has 3 fully saturated rings. The Kier molecular flexibility index (Phi) is 8.10. The second kappa shape index (κ2) is 11.9. The summed E-state index contributed by atoms with van der Waals surface area (Å²) in [6.07, 6.45) is 7.74. The van der Waals surface area contributed by atoms with E-state index in [1.807, 2.05) is 6.08 Å². The lowest BCUT2D eigenvalue weighted by Gasteiger charge is -2.48. The summed E-state index contributed by atoms with van der Waals surface area (Å²) in [5.74, 6) is -3.43. The van der Waals surface area contributed by atoms with Crippen molar-refractivity contribution in [2.75, 3.05) is 27.2 Å². The number of carbonyl (C=O) groups is 3. The van der Waals surface area contributed by atoms with Gasteiger partial charge in [0.1, 0.15) is 0 Å². The quantitative estimate of drug-likeness (QED) is 0.427. The number of rotatable bonds is 4. The molecule has 3 aliphatic carbocycles. The fraction of sp³-hybridized carbons (Fsp3) is 0.528. The van der Waals surface area contributed by atoms with Crippen molar-refractivity contribution in [3.05, 3.63) is 70.0 Å². The molecule has 6 aliphatic rings. The molecule has 0 radical (unpaired) electrons. The topological polar surface area (TPSA) is 112 Å². The Hall–Kier alpha value is -3.90. The highest BCUT2D eigenvalue weighted by atomic mass is 19.4. The number of carboxylic acids is 2. The molecule has 2 bridgehead atoms. The van der Waals surface area contributed by atoms with E-state index < -0.39 is 23.7 Å². The van der Waals surface area contributed by atoms with Crippen molar-refractivity contribution < 1.29 is 42.5 Å². The summed E-state index contributed by atoms with van der Waals surface area (Å²) >= 11 is 0. The number of piperazine rings is 1. The minimum absolute atomic E-state index is 0.0679. The summed E-state index contributed by atoms with van der Waals surface area (Å²) in [6, 6.07) is 9.30.